The van der Waals surface area contributed by atoms with Crippen LogP contribution in [0.25, 0.3) is 0 Å². The van der Waals surface area contributed by atoms with E-state index >= 15 is 0 Å². The highest BCUT2D eigenvalue weighted by Crippen LogP contribution is 2.34. The zero-order chi connectivity index (χ0) is 14.5. The maximum atomic E-state index is 12.7. The molecule has 0 aliphatic carbocycles. The third-order valence-electron chi connectivity index (χ3n) is 2.19. The predicted molar refractivity (Wildman–Crippen MR) is 72.2 cm³/mol. The summed E-state index contributed by atoms with van der Waals surface area (Å²) in [4.78, 5) is 11.6. The van der Waals surface area contributed by atoms with Crippen molar-refractivity contribution < 1.29 is 18.0 Å². The molecule has 0 unspecified atom stereocenters. The predicted octanol–water partition coefficient (Wildman–Crippen LogP) is 4.03. The van der Waals surface area contributed by atoms with Gasteiger partial charge in [0.1, 0.15) is 0 Å². The Morgan fingerprint density at radius 2 is 1.95 bits per heavy atom. The summed E-state index contributed by atoms with van der Waals surface area (Å²) in [6.07, 6.45) is -4.46. The molecule has 0 saturated carbocycles. The van der Waals surface area contributed by atoms with Gasteiger partial charge in [-0.25, -0.2) is 0 Å². The molecular weight excluding hydrogens is 275 g/mol. The van der Waals surface area contributed by atoms with Gasteiger partial charge in [-0.1, -0.05) is 26.0 Å². The minimum absolute atomic E-state index is 0.157. The fraction of sp³-hybridized carbons (Fsp3) is 0.462. The van der Waals surface area contributed by atoms with Crippen LogP contribution in [0.5, 0.6) is 0 Å². The largest absolute Gasteiger partial charge is 0.418 e. The van der Waals surface area contributed by atoms with Gasteiger partial charge >= 0.3 is 6.18 Å². The minimum atomic E-state index is -4.46. The van der Waals surface area contributed by atoms with Crippen molar-refractivity contribution in [2.45, 2.75) is 20.0 Å². The lowest BCUT2D eigenvalue weighted by Gasteiger charge is -2.13. The maximum absolute atomic E-state index is 12.7. The van der Waals surface area contributed by atoms with Crippen molar-refractivity contribution in [1.82, 2.24) is 0 Å². The first-order valence-corrected chi connectivity index (χ1v) is 7.00. The zero-order valence-electron chi connectivity index (χ0n) is 10.8. The number of benzene rings is 1. The van der Waals surface area contributed by atoms with Gasteiger partial charge in [-0.3, -0.25) is 4.79 Å². The van der Waals surface area contributed by atoms with E-state index in [4.69, 9.17) is 0 Å². The highest BCUT2D eigenvalue weighted by atomic mass is 32.2. The van der Waals surface area contributed by atoms with Gasteiger partial charge in [0.25, 0.3) is 0 Å². The van der Waals surface area contributed by atoms with Crippen molar-refractivity contribution in [2.24, 2.45) is 5.92 Å². The molecule has 0 saturated heterocycles. The van der Waals surface area contributed by atoms with Crippen molar-refractivity contribution >= 4 is 23.4 Å². The molecule has 0 fully saturated rings. The second-order valence-corrected chi connectivity index (χ2v) is 5.53. The maximum Gasteiger partial charge on any atom is 0.418 e. The van der Waals surface area contributed by atoms with Gasteiger partial charge < -0.3 is 5.32 Å². The Morgan fingerprint density at radius 1 is 1.32 bits per heavy atom. The van der Waals surface area contributed by atoms with Gasteiger partial charge in [0.15, 0.2) is 0 Å². The number of nitrogens with one attached hydrogen (secondary N) is 1. The number of anilines is 1. The monoisotopic (exact) mass is 291 g/mol. The van der Waals surface area contributed by atoms with E-state index in [-0.39, 0.29) is 11.4 Å². The number of amides is 1. The number of rotatable bonds is 5. The van der Waals surface area contributed by atoms with Crippen molar-refractivity contribution in [3.8, 4) is 0 Å². The zero-order valence-corrected chi connectivity index (χ0v) is 11.6. The Labute approximate surface area is 114 Å². The molecule has 1 aromatic carbocycles. The summed E-state index contributed by atoms with van der Waals surface area (Å²) >= 11 is 1.41. The van der Waals surface area contributed by atoms with Crippen LogP contribution in [0.3, 0.4) is 0 Å². The molecule has 6 heteroatoms. The number of carbonyl (C=O) groups excluding carboxylic acids is 1. The smallest absolute Gasteiger partial charge is 0.325 e. The fourth-order valence-electron chi connectivity index (χ4n) is 1.41. The third-order valence-corrected chi connectivity index (χ3v) is 3.56. The molecule has 0 aromatic heterocycles. The summed E-state index contributed by atoms with van der Waals surface area (Å²) in [5.41, 5.74) is -1.01. The summed E-state index contributed by atoms with van der Waals surface area (Å²) in [5, 5.41) is 2.31. The molecule has 0 heterocycles. The first-order valence-electron chi connectivity index (χ1n) is 5.84. The van der Waals surface area contributed by atoms with Crippen molar-refractivity contribution in [2.75, 3.05) is 16.8 Å². The molecule has 1 rings (SSSR count). The summed E-state index contributed by atoms with van der Waals surface area (Å²) < 4.78 is 38.1. The number of carbonyl (C=O) groups is 1. The van der Waals surface area contributed by atoms with E-state index in [2.05, 4.69) is 5.32 Å². The average Bonchev–Trinajstić information content (AvgIpc) is 2.27. The SMILES string of the molecule is CC(C)CSCC(=O)Nc1ccccc1C(F)(F)F. The van der Waals surface area contributed by atoms with E-state index in [9.17, 15) is 18.0 Å². The number of hydrogen-bond acceptors (Lipinski definition) is 2. The number of halogens is 3. The summed E-state index contributed by atoms with van der Waals surface area (Å²) in [7, 11) is 0. The van der Waals surface area contributed by atoms with Crippen LogP contribution < -0.4 is 5.32 Å². The molecular formula is C13H16F3NOS. The summed E-state index contributed by atoms with van der Waals surface area (Å²) in [5.74, 6) is 0.987. The average molecular weight is 291 g/mol. The molecule has 0 aliphatic rings. The quantitative estimate of drug-likeness (QED) is 0.887. The van der Waals surface area contributed by atoms with Crippen LogP contribution in [0.1, 0.15) is 19.4 Å². The Kier molecular flexibility index (Phi) is 5.72. The van der Waals surface area contributed by atoms with Crippen LogP contribution >= 0.6 is 11.8 Å². The lowest BCUT2D eigenvalue weighted by molar-refractivity contribution is -0.137. The Hall–Kier alpha value is -1.17. The molecule has 1 aromatic rings. The molecule has 2 nitrogen and oxygen atoms in total. The molecule has 106 valence electrons. The van der Waals surface area contributed by atoms with Crippen LogP contribution in [0.15, 0.2) is 24.3 Å². The van der Waals surface area contributed by atoms with Crippen LogP contribution in [-0.2, 0) is 11.0 Å². The van der Waals surface area contributed by atoms with Gasteiger partial charge in [-0.05, 0) is 23.8 Å². The second kappa shape index (κ2) is 6.84. The summed E-state index contributed by atoms with van der Waals surface area (Å²) in [6, 6.07) is 4.98. The van der Waals surface area contributed by atoms with Crippen molar-refractivity contribution in [1.29, 1.82) is 0 Å². The highest BCUT2D eigenvalue weighted by molar-refractivity contribution is 7.99. The number of thioether (sulfide) groups is 1. The number of alkyl halides is 3. The first-order chi connectivity index (χ1) is 8.80. The first kappa shape index (κ1) is 15.9. The Bertz CT molecular complexity index is 432. The molecule has 0 spiro atoms. The van der Waals surface area contributed by atoms with Crippen molar-refractivity contribution in [3.63, 3.8) is 0 Å². The molecule has 1 N–H and O–H groups in total. The third kappa shape index (κ3) is 5.55. The Morgan fingerprint density at radius 3 is 2.53 bits per heavy atom. The molecule has 1 amide bonds. The lowest BCUT2D eigenvalue weighted by atomic mass is 10.1. The standard InChI is InChI=1S/C13H16F3NOS/c1-9(2)7-19-8-12(18)17-11-6-4-3-5-10(11)13(14,15)16/h3-6,9H,7-8H2,1-2H3,(H,17,18). The normalized spacial score (nSPS) is 11.7. The van der Waals surface area contributed by atoms with E-state index in [1.54, 1.807) is 0 Å². The van der Waals surface area contributed by atoms with E-state index in [1.807, 2.05) is 13.8 Å². The van der Waals surface area contributed by atoms with Crippen LogP contribution in [0, 0.1) is 5.92 Å². The molecule has 0 bridgehead atoms. The van der Waals surface area contributed by atoms with Gasteiger partial charge in [0.05, 0.1) is 17.0 Å². The van der Waals surface area contributed by atoms with E-state index in [1.165, 1.54) is 30.0 Å². The van der Waals surface area contributed by atoms with Crippen molar-refractivity contribution in [3.05, 3.63) is 29.8 Å². The van der Waals surface area contributed by atoms with Gasteiger partial charge in [-0.2, -0.15) is 24.9 Å². The summed E-state index contributed by atoms with van der Waals surface area (Å²) in [6.45, 7) is 4.04. The molecule has 0 aliphatic heterocycles. The van der Waals surface area contributed by atoms with Gasteiger partial charge in [0.2, 0.25) is 5.91 Å². The van der Waals surface area contributed by atoms with Crippen LogP contribution in [0.4, 0.5) is 18.9 Å². The lowest BCUT2D eigenvalue weighted by Crippen LogP contribution is -2.18. The molecule has 19 heavy (non-hydrogen) atoms. The van der Waals surface area contributed by atoms with E-state index in [0.717, 1.165) is 11.8 Å². The molecule has 0 radical (unpaired) electrons. The highest BCUT2D eigenvalue weighted by Gasteiger charge is 2.33. The number of hydrogen-bond donors (Lipinski definition) is 1. The van der Waals surface area contributed by atoms with E-state index < -0.39 is 17.6 Å². The van der Waals surface area contributed by atoms with Gasteiger partial charge in [0, 0.05) is 0 Å². The van der Waals surface area contributed by atoms with Gasteiger partial charge in [-0.15, -0.1) is 0 Å². The van der Waals surface area contributed by atoms with Crippen LogP contribution in [-0.4, -0.2) is 17.4 Å². The topological polar surface area (TPSA) is 29.1 Å². The second-order valence-electron chi connectivity index (χ2n) is 4.50. The minimum Gasteiger partial charge on any atom is -0.325 e. The Balaban J connectivity index is 2.64. The van der Waals surface area contributed by atoms with Crippen LogP contribution in [0.2, 0.25) is 0 Å². The number of para-hydroxylation sites is 1. The van der Waals surface area contributed by atoms with E-state index in [0.29, 0.717) is 5.92 Å². The molecule has 0 atom stereocenters. The fourth-order valence-corrected chi connectivity index (χ4v) is 2.26.